The van der Waals surface area contributed by atoms with E-state index in [0.29, 0.717) is 37.3 Å². The van der Waals surface area contributed by atoms with E-state index in [1.165, 1.54) is 23.2 Å². The number of hydrogen-bond donors (Lipinski definition) is 0. The van der Waals surface area contributed by atoms with E-state index >= 15 is 0 Å². The van der Waals surface area contributed by atoms with E-state index in [9.17, 15) is 4.79 Å². The van der Waals surface area contributed by atoms with Gasteiger partial charge in [-0.25, -0.2) is 4.98 Å². The van der Waals surface area contributed by atoms with Crippen LogP contribution in [0.15, 0.2) is 47.8 Å². The summed E-state index contributed by atoms with van der Waals surface area (Å²) in [6.45, 7) is 1.66. The topological polar surface area (TPSA) is 42.4 Å². The first-order chi connectivity index (χ1) is 12.5. The van der Waals surface area contributed by atoms with Crippen LogP contribution in [-0.4, -0.2) is 10.9 Å². The van der Waals surface area contributed by atoms with Crippen molar-refractivity contribution in [1.29, 1.82) is 0 Å². The third-order valence-corrected chi connectivity index (χ3v) is 5.10. The molecule has 1 aromatic heterocycles. The Bertz CT molecular complexity index is 925. The van der Waals surface area contributed by atoms with Crippen LogP contribution < -0.4 is 9.64 Å². The van der Waals surface area contributed by atoms with Gasteiger partial charge in [-0.15, -0.1) is 11.3 Å². The number of hydrogen-bond acceptors (Lipinski definition) is 4. The second-order valence-electron chi connectivity index (χ2n) is 5.30. The van der Waals surface area contributed by atoms with E-state index in [2.05, 4.69) is 4.98 Å². The van der Waals surface area contributed by atoms with Crippen LogP contribution in [0.5, 0.6) is 5.75 Å². The maximum atomic E-state index is 12.1. The summed E-state index contributed by atoms with van der Waals surface area (Å²) in [5, 5.41) is 3.75. The average Bonchev–Trinajstić information content (AvgIpc) is 3.02. The Morgan fingerprint density at radius 2 is 1.85 bits per heavy atom. The van der Waals surface area contributed by atoms with E-state index in [-0.39, 0.29) is 12.5 Å². The Balaban J connectivity index is 1.80. The van der Waals surface area contributed by atoms with Crippen molar-refractivity contribution in [3.05, 3.63) is 68.6 Å². The van der Waals surface area contributed by atoms with Crippen molar-refractivity contribution in [2.45, 2.75) is 13.5 Å². The fraction of sp³-hybridized carbons (Fsp3) is 0.111. The highest BCUT2D eigenvalue weighted by Crippen LogP contribution is 2.34. The zero-order valence-electron chi connectivity index (χ0n) is 13.6. The Morgan fingerprint density at radius 1 is 1.15 bits per heavy atom. The van der Waals surface area contributed by atoms with Gasteiger partial charge in [0.2, 0.25) is 5.91 Å². The molecule has 0 aliphatic carbocycles. The monoisotopic (exact) mass is 426 g/mol. The summed E-state index contributed by atoms with van der Waals surface area (Å²) in [6.07, 6.45) is 0. The summed E-state index contributed by atoms with van der Waals surface area (Å²) >= 11 is 19.6. The van der Waals surface area contributed by atoms with Crippen molar-refractivity contribution >= 4 is 62.9 Å². The van der Waals surface area contributed by atoms with E-state index in [1.54, 1.807) is 42.5 Å². The largest absolute Gasteiger partial charge is 0.484 e. The van der Waals surface area contributed by atoms with Crippen LogP contribution in [0.3, 0.4) is 0 Å². The third kappa shape index (κ3) is 4.30. The number of anilines is 2. The summed E-state index contributed by atoms with van der Waals surface area (Å²) in [4.78, 5) is 18.1. The molecule has 0 aliphatic heterocycles. The molecule has 134 valence electrons. The number of halogens is 3. The van der Waals surface area contributed by atoms with Crippen LogP contribution in [0, 0.1) is 0 Å². The SMILES string of the molecule is CC(=O)N(c1cccc(Cl)c1)c1nc(COc2c(Cl)cccc2Cl)cs1. The van der Waals surface area contributed by atoms with Crippen molar-refractivity contribution in [2.75, 3.05) is 4.90 Å². The molecule has 0 aliphatic rings. The van der Waals surface area contributed by atoms with Gasteiger partial charge in [0, 0.05) is 17.3 Å². The summed E-state index contributed by atoms with van der Waals surface area (Å²) < 4.78 is 5.69. The van der Waals surface area contributed by atoms with Crippen LogP contribution in [-0.2, 0) is 11.4 Å². The number of aromatic nitrogens is 1. The summed E-state index contributed by atoms with van der Waals surface area (Å²) in [5.41, 5.74) is 1.32. The van der Waals surface area contributed by atoms with Crippen molar-refractivity contribution in [2.24, 2.45) is 0 Å². The molecule has 26 heavy (non-hydrogen) atoms. The Hall–Kier alpha value is -1.79. The number of para-hydroxylation sites is 1. The highest BCUT2D eigenvalue weighted by atomic mass is 35.5. The van der Waals surface area contributed by atoms with Crippen LogP contribution >= 0.6 is 46.1 Å². The fourth-order valence-electron chi connectivity index (χ4n) is 2.27. The molecule has 0 spiro atoms. The number of ether oxygens (including phenoxy) is 1. The second kappa shape index (κ2) is 8.27. The molecule has 0 unspecified atom stereocenters. The van der Waals surface area contributed by atoms with Crippen molar-refractivity contribution < 1.29 is 9.53 Å². The molecule has 1 heterocycles. The number of carbonyl (C=O) groups is 1. The highest BCUT2D eigenvalue weighted by Gasteiger charge is 2.18. The van der Waals surface area contributed by atoms with E-state index in [1.807, 2.05) is 5.38 Å². The lowest BCUT2D eigenvalue weighted by molar-refractivity contribution is -0.115. The van der Waals surface area contributed by atoms with Crippen molar-refractivity contribution in [1.82, 2.24) is 4.98 Å². The van der Waals surface area contributed by atoms with E-state index in [0.717, 1.165) is 0 Å². The summed E-state index contributed by atoms with van der Waals surface area (Å²) in [7, 11) is 0. The van der Waals surface area contributed by atoms with Gasteiger partial charge in [0.1, 0.15) is 6.61 Å². The van der Waals surface area contributed by atoms with Crippen LogP contribution in [0.1, 0.15) is 12.6 Å². The zero-order chi connectivity index (χ0) is 18.7. The van der Waals surface area contributed by atoms with Crippen molar-refractivity contribution in [3.8, 4) is 5.75 Å². The molecule has 0 saturated carbocycles. The number of thiazole rings is 1. The van der Waals surface area contributed by atoms with Crippen molar-refractivity contribution in [3.63, 3.8) is 0 Å². The maximum absolute atomic E-state index is 12.1. The standard InChI is InChI=1S/C18H13Cl3N2O2S/c1-11(24)23(14-5-2-4-12(19)8-14)18-22-13(10-26-18)9-25-17-15(20)6-3-7-16(17)21/h2-8,10H,9H2,1H3. The Morgan fingerprint density at radius 3 is 2.50 bits per heavy atom. The first-order valence-electron chi connectivity index (χ1n) is 7.53. The molecule has 0 atom stereocenters. The lowest BCUT2D eigenvalue weighted by Crippen LogP contribution is -2.22. The van der Waals surface area contributed by atoms with Gasteiger partial charge >= 0.3 is 0 Å². The predicted octanol–water partition coefficient (Wildman–Crippen LogP) is 6.37. The van der Waals surface area contributed by atoms with Gasteiger partial charge in [-0.3, -0.25) is 9.69 Å². The van der Waals surface area contributed by atoms with Gasteiger partial charge in [-0.2, -0.15) is 0 Å². The first-order valence-corrected chi connectivity index (χ1v) is 9.54. The van der Waals surface area contributed by atoms with Gasteiger partial charge in [0.15, 0.2) is 10.9 Å². The Kier molecular flexibility index (Phi) is 6.04. The normalized spacial score (nSPS) is 10.6. The molecule has 2 aromatic carbocycles. The quantitative estimate of drug-likeness (QED) is 0.475. The minimum atomic E-state index is -0.164. The molecule has 8 heteroatoms. The summed E-state index contributed by atoms with van der Waals surface area (Å²) in [6, 6.07) is 12.2. The molecule has 0 N–H and O–H groups in total. The lowest BCUT2D eigenvalue weighted by atomic mass is 10.3. The minimum absolute atomic E-state index is 0.164. The molecule has 3 rings (SSSR count). The number of carbonyl (C=O) groups excluding carboxylic acids is 1. The molecule has 3 aromatic rings. The van der Waals surface area contributed by atoms with Crippen LogP contribution in [0.25, 0.3) is 0 Å². The average molecular weight is 428 g/mol. The molecule has 4 nitrogen and oxygen atoms in total. The van der Waals surface area contributed by atoms with Crippen LogP contribution in [0.4, 0.5) is 10.8 Å². The third-order valence-electron chi connectivity index (χ3n) is 3.40. The van der Waals surface area contributed by atoms with Gasteiger partial charge in [0.05, 0.1) is 21.4 Å². The lowest BCUT2D eigenvalue weighted by Gasteiger charge is -2.18. The van der Waals surface area contributed by atoms with Gasteiger partial charge < -0.3 is 4.74 Å². The number of benzene rings is 2. The second-order valence-corrected chi connectivity index (χ2v) is 7.38. The molecule has 0 fully saturated rings. The fourth-order valence-corrected chi connectivity index (χ4v) is 3.84. The first kappa shape index (κ1) is 19.0. The maximum Gasteiger partial charge on any atom is 0.230 e. The highest BCUT2D eigenvalue weighted by molar-refractivity contribution is 7.14. The molecule has 0 radical (unpaired) electrons. The van der Waals surface area contributed by atoms with E-state index < -0.39 is 0 Å². The van der Waals surface area contributed by atoms with E-state index in [4.69, 9.17) is 39.5 Å². The number of nitrogens with zero attached hydrogens (tertiary/aromatic N) is 2. The number of amides is 1. The van der Waals surface area contributed by atoms with Gasteiger partial charge in [0.25, 0.3) is 0 Å². The molecule has 1 amide bonds. The Labute approximate surface area is 169 Å². The molecule has 0 bridgehead atoms. The van der Waals surface area contributed by atoms with Gasteiger partial charge in [-0.05, 0) is 30.3 Å². The molecular formula is C18H13Cl3N2O2S. The van der Waals surface area contributed by atoms with Gasteiger partial charge in [-0.1, -0.05) is 46.9 Å². The molecular weight excluding hydrogens is 415 g/mol. The number of rotatable bonds is 5. The zero-order valence-corrected chi connectivity index (χ0v) is 16.7. The molecule has 0 saturated heterocycles. The minimum Gasteiger partial charge on any atom is -0.484 e. The smallest absolute Gasteiger partial charge is 0.230 e. The van der Waals surface area contributed by atoms with Crippen LogP contribution in [0.2, 0.25) is 15.1 Å². The summed E-state index contributed by atoms with van der Waals surface area (Å²) in [5.74, 6) is 0.242. The predicted molar refractivity (Wildman–Crippen MR) is 107 cm³/mol.